The summed E-state index contributed by atoms with van der Waals surface area (Å²) in [5.41, 5.74) is 4.30. The maximum atomic E-state index is 12.8. The first-order valence-electron chi connectivity index (χ1n) is 8.63. The van der Waals surface area contributed by atoms with Gasteiger partial charge in [-0.25, -0.2) is 0 Å². The Morgan fingerprint density at radius 1 is 1.04 bits per heavy atom. The number of hydrogen-bond acceptors (Lipinski definition) is 4. The number of H-pyrrole nitrogens is 1. The molecule has 1 aliphatic heterocycles. The van der Waals surface area contributed by atoms with E-state index in [4.69, 9.17) is 0 Å². The van der Waals surface area contributed by atoms with Gasteiger partial charge in [-0.3, -0.25) is 14.9 Å². The molecule has 4 rings (SSSR count). The van der Waals surface area contributed by atoms with E-state index in [0.29, 0.717) is 17.0 Å². The van der Waals surface area contributed by atoms with Crippen LogP contribution in [0.15, 0.2) is 77.4 Å². The highest BCUT2D eigenvalue weighted by Crippen LogP contribution is 2.26. The minimum atomic E-state index is -0.430. The van der Waals surface area contributed by atoms with Crippen LogP contribution in [0.5, 0.6) is 0 Å². The number of nitrogens with zero attached hydrogens (tertiary/aromatic N) is 3. The second kappa shape index (κ2) is 6.96. The Kier molecular flexibility index (Phi) is 4.33. The zero-order chi connectivity index (χ0) is 19.7. The number of aromatic nitrogens is 1. The Bertz CT molecular complexity index is 1110. The number of rotatable bonds is 4. The first-order valence-corrected chi connectivity index (χ1v) is 8.63. The van der Waals surface area contributed by atoms with Crippen LogP contribution in [-0.4, -0.2) is 21.5 Å². The van der Waals surface area contributed by atoms with E-state index in [0.717, 1.165) is 17.0 Å². The van der Waals surface area contributed by atoms with Crippen LogP contribution in [0, 0.1) is 10.1 Å². The number of hydrazone groups is 1. The molecule has 0 aliphatic carbocycles. The van der Waals surface area contributed by atoms with E-state index in [-0.39, 0.29) is 11.6 Å². The molecule has 2 aromatic carbocycles. The Balaban J connectivity index is 1.59. The van der Waals surface area contributed by atoms with Gasteiger partial charge in [0.1, 0.15) is 0 Å². The maximum Gasteiger partial charge on any atom is 0.280 e. The van der Waals surface area contributed by atoms with Crippen molar-refractivity contribution in [3.63, 3.8) is 0 Å². The van der Waals surface area contributed by atoms with Crippen molar-refractivity contribution in [3.8, 4) is 11.3 Å². The van der Waals surface area contributed by atoms with Gasteiger partial charge in [-0.15, -0.1) is 0 Å². The molecule has 7 nitrogen and oxygen atoms in total. The molecule has 1 aromatic heterocycles. The molecular weight excluding hydrogens is 356 g/mol. The minimum absolute atomic E-state index is 0.0436. The highest BCUT2D eigenvalue weighted by atomic mass is 16.6. The number of carbonyl (C=O) groups is 1. The summed E-state index contributed by atoms with van der Waals surface area (Å²) in [6.07, 6.45) is 1.76. The van der Waals surface area contributed by atoms with Crippen molar-refractivity contribution in [2.45, 2.75) is 6.92 Å². The first kappa shape index (κ1) is 17.4. The molecule has 0 radical (unpaired) electrons. The van der Waals surface area contributed by atoms with Gasteiger partial charge in [0.2, 0.25) is 0 Å². The summed E-state index contributed by atoms with van der Waals surface area (Å²) in [6.45, 7) is 1.80. The monoisotopic (exact) mass is 372 g/mol. The van der Waals surface area contributed by atoms with Gasteiger partial charge in [-0.1, -0.05) is 18.2 Å². The van der Waals surface area contributed by atoms with Gasteiger partial charge >= 0.3 is 0 Å². The molecule has 0 bridgehead atoms. The standard InChI is InChI=1S/C21H16N4O3/c1-14-19(21(26)24(23-14)17-5-3-2-4-6-17)13-16-9-12-20(22-16)15-7-10-18(11-8-15)25(27)28/h2-13,22H,1H3/b19-13+. The molecule has 0 atom stereocenters. The number of benzene rings is 2. The van der Waals surface area contributed by atoms with Crippen molar-refractivity contribution >= 4 is 29.1 Å². The van der Waals surface area contributed by atoms with E-state index in [1.54, 1.807) is 25.1 Å². The molecule has 7 heteroatoms. The number of para-hydroxylation sites is 1. The summed E-state index contributed by atoms with van der Waals surface area (Å²) in [7, 11) is 0. The van der Waals surface area contributed by atoms with E-state index in [1.165, 1.54) is 17.1 Å². The normalized spacial score (nSPS) is 15.2. The summed E-state index contributed by atoms with van der Waals surface area (Å²) >= 11 is 0. The third-order valence-electron chi connectivity index (χ3n) is 4.46. The zero-order valence-corrected chi connectivity index (χ0v) is 15.0. The molecule has 0 saturated carbocycles. The Morgan fingerprint density at radius 2 is 1.75 bits per heavy atom. The van der Waals surface area contributed by atoms with Gasteiger partial charge in [0.15, 0.2) is 0 Å². The number of nitrogens with one attached hydrogen (secondary N) is 1. The van der Waals surface area contributed by atoms with E-state index >= 15 is 0 Å². The topological polar surface area (TPSA) is 91.6 Å². The molecule has 2 heterocycles. The highest BCUT2D eigenvalue weighted by molar-refractivity contribution is 6.32. The lowest BCUT2D eigenvalue weighted by Gasteiger charge is -2.10. The molecule has 0 fully saturated rings. The molecule has 0 spiro atoms. The SMILES string of the molecule is CC1=NN(c2ccccc2)C(=O)/C1=C/c1ccc(-c2ccc([N+](=O)[O-])cc2)[nH]1. The van der Waals surface area contributed by atoms with Crippen LogP contribution < -0.4 is 5.01 Å². The molecule has 3 aromatic rings. The van der Waals surface area contributed by atoms with Gasteiger partial charge in [0.25, 0.3) is 11.6 Å². The van der Waals surface area contributed by atoms with Crippen molar-refractivity contribution in [1.29, 1.82) is 0 Å². The summed E-state index contributed by atoms with van der Waals surface area (Å²) in [6, 6.07) is 19.3. The molecule has 0 saturated heterocycles. The number of nitro groups is 1. The number of carbonyl (C=O) groups excluding carboxylic acids is 1. The Hall–Kier alpha value is -4.00. The average Bonchev–Trinajstić information content (AvgIpc) is 3.29. The molecular formula is C21H16N4O3. The fourth-order valence-corrected chi connectivity index (χ4v) is 3.01. The quantitative estimate of drug-likeness (QED) is 0.418. The predicted molar refractivity (Wildman–Crippen MR) is 108 cm³/mol. The number of aromatic amines is 1. The van der Waals surface area contributed by atoms with E-state index in [9.17, 15) is 14.9 Å². The van der Waals surface area contributed by atoms with Crippen molar-refractivity contribution in [2.75, 3.05) is 5.01 Å². The maximum absolute atomic E-state index is 12.8. The van der Waals surface area contributed by atoms with Crippen LogP contribution in [0.3, 0.4) is 0 Å². The Labute approximate surface area is 160 Å². The fraction of sp³-hybridized carbons (Fsp3) is 0.0476. The van der Waals surface area contributed by atoms with Crippen molar-refractivity contribution < 1.29 is 9.72 Å². The first-order chi connectivity index (χ1) is 13.5. The van der Waals surface area contributed by atoms with Crippen LogP contribution in [0.1, 0.15) is 12.6 Å². The van der Waals surface area contributed by atoms with Crippen LogP contribution in [0.2, 0.25) is 0 Å². The highest BCUT2D eigenvalue weighted by Gasteiger charge is 2.28. The largest absolute Gasteiger partial charge is 0.355 e. The molecule has 1 N–H and O–H groups in total. The third-order valence-corrected chi connectivity index (χ3v) is 4.46. The van der Waals surface area contributed by atoms with E-state index in [2.05, 4.69) is 10.1 Å². The molecule has 1 aliphatic rings. The number of amides is 1. The van der Waals surface area contributed by atoms with Crippen molar-refractivity contribution in [1.82, 2.24) is 4.98 Å². The second-order valence-corrected chi connectivity index (χ2v) is 6.33. The Morgan fingerprint density at radius 3 is 2.43 bits per heavy atom. The average molecular weight is 372 g/mol. The van der Waals surface area contributed by atoms with Crippen LogP contribution in [0.4, 0.5) is 11.4 Å². The van der Waals surface area contributed by atoms with Gasteiger partial charge in [0, 0.05) is 23.5 Å². The molecule has 28 heavy (non-hydrogen) atoms. The predicted octanol–water partition coefficient (Wildman–Crippen LogP) is 4.40. The van der Waals surface area contributed by atoms with Gasteiger partial charge in [0.05, 0.1) is 21.9 Å². The molecule has 0 unspecified atom stereocenters. The van der Waals surface area contributed by atoms with Crippen LogP contribution in [0.25, 0.3) is 17.3 Å². The van der Waals surface area contributed by atoms with E-state index in [1.807, 2.05) is 42.5 Å². The second-order valence-electron chi connectivity index (χ2n) is 6.33. The zero-order valence-electron chi connectivity index (χ0n) is 15.0. The van der Waals surface area contributed by atoms with Gasteiger partial charge in [-0.05, 0) is 55.0 Å². The fourth-order valence-electron chi connectivity index (χ4n) is 3.01. The van der Waals surface area contributed by atoms with Gasteiger partial charge < -0.3 is 4.98 Å². The minimum Gasteiger partial charge on any atom is -0.355 e. The summed E-state index contributed by atoms with van der Waals surface area (Å²) < 4.78 is 0. The lowest BCUT2D eigenvalue weighted by Crippen LogP contribution is -2.21. The summed E-state index contributed by atoms with van der Waals surface area (Å²) in [5, 5.41) is 16.5. The number of hydrogen-bond donors (Lipinski definition) is 1. The van der Waals surface area contributed by atoms with Crippen molar-refractivity contribution in [3.05, 3.63) is 88.1 Å². The smallest absolute Gasteiger partial charge is 0.280 e. The van der Waals surface area contributed by atoms with Gasteiger partial charge in [-0.2, -0.15) is 10.1 Å². The van der Waals surface area contributed by atoms with Crippen LogP contribution in [-0.2, 0) is 4.79 Å². The summed E-state index contributed by atoms with van der Waals surface area (Å²) in [5.74, 6) is -0.185. The number of anilines is 1. The molecule has 1 amide bonds. The number of non-ortho nitro benzene ring substituents is 1. The third kappa shape index (κ3) is 3.21. The summed E-state index contributed by atoms with van der Waals surface area (Å²) in [4.78, 5) is 26.3. The van der Waals surface area contributed by atoms with Crippen molar-refractivity contribution in [2.24, 2.45) is 5.10 Å². The lowest BCUT2D eigenvalue weighted by atomic mass is 10.1. The van der Waals surface area contributed by atoms with E-state index < -0.39 is 4.92 Å². The molecule has 138 valence electrons. The lowest BCUT2D eigenvalue weighted by molar-refractivity contribution is -0.384. The number of nitro benzene ring substituents is 1. The van der Waals surface area contributed by atoms with Crippen LogP contribution >= 0.6 is 0 Å².